The molecular formula is C19H32IN7O. The molecule has 1 saturated heterocycles. The summed E-state index contributed by atoms with van der Waals surface area (Å²) in [4.78, 5) is 7.30. The summed E-state index contributed by atoms with van der Waals surface area (Å²) in [5, 5.41) is 14.9. The number of aliphatic imine (C=N–C) groups is 1. The van der Waals surface area contributed by atoms with Gasteiger partial charge >= 0.3 is 0 Å². The largest absolute Gasteiger partial charge is 0.468 e. The van der Waals surface area contributed by atoms with Crippen LogP contribution in [0.5, 0.6) is 0 Å². The van der Waals surface area contributed by atoms with Gasteiger partial charge in [0.1, 0.15) is 17.9 Å². The number of guanidine groups is 1. The average molecular weight is 501 g/mol. The van der Waals surface area contributed by atoms with Crippen LogP contribution in [0.2, 0.25) is 0 Å². The van der Waals surface area contributed by atoms with Crippen molar-refractivity contribution >= 4 is 29.9 Å². The summed E-state index contributed by atoms with van der Waals surface area (Å²) in [7, 11) is 0. The van der Waals surface area contributed by atoms with E-state index in [0.717, 1.165) is 56.7 Å². The molecule has 2 N–H and O–H groups in total. The molecule has 0 aliphatic carbocycles. The van der Waals surface area contributed by atoms with Crippen LogP contribution in [0.15, 0.2) is 34.1 Å². The number of likely N-dealkylation sites (tertiary alicyclic amines) is 1. The number of rotatable bonds is 9. The van der Waals surface area contributed by atoms with Crippen LogP contribution in [0.3, 0.4) is 0 Å². The van der Waals surface area contributed by atoms with Crippen LogP contribution in [-0.4, -0.2) is 58.3 Å². The fraction of sp³-hybridized carbons (Fsp3) is 0.632. The molecule has 1 atom stereocenters. The maximum Gasteiger partial charge on any atom is 0.191 e. The molecule has 156 valence electrons. The van der Waals surface area contributed by atoms with Crippen LogP contribution in [0.25, 0.3) is 0 Å². The highest BCUT2D eigenvalue weighted by Crippen LogP contribution is 2.25. The van der Waals surface area contributed by atoms with Crippen molar-refractivity contribution in [2.45, 2.75) is 45.7 Å². The minimum absolute atomic E-state index is 0. The zero-order chi connectivity index (χ0) is 18.9. The van der Waals surface area contributed by atoms with Gasteiger partial charge in [-0.1, -0.05) is 6.92 Å². The molecule has 1 unspecified atom stereocenters. The first-order chi connectivity index (χ1) is 13.3. The molecule has 1 aliphatic rings. The third-order valence-electron chi connectivity index (χ3n) is 4.88. The molecule has 1 aliphatic heterocycles. The lowest BCUT2D eigenvalue weighted by Crippen LogP contribution is -2.39. The number of halogens is 1. The summed E-state index contributed by atoms with van der Waals surface area (Å²) in [5.74, 6) is 2.83. The predicted octanol–water partition coefficient (Wildman–Crippen LogP) is 2.44. The molecule has 0 saturated carbocycles. The Balaban J connectivity index is 0.00000280. The van der Waals surface area contributed by atoms with Gasteiger partial charge in [-0.3, -0.25) is 9.89 Å². The standard InChI is InChI=1S/C19H31N7O.HI/c1-3-18-24-23-15-26(18)12-9-21-19(20-4-2)22-14-16(17-8-7-13-27-17)25-10-5-6-11-25;/h7-8,13,15-16H,3-6,9-12,14H2,1-2H3,(H2,20,21,22);1H. The van der Waals surface area contributed by atoms with Crippen LogP contribution in [0.4, 0.5) is 0 Å². The lowest BCUT2D eigenvalue weighted by atomic mass is 10.2. The van der Waals surface area contributed by atoms with E-state index >= 15 is 0 Å². The van der Waals surface area contributed by atoms with E-state index in [2.05, 4.69) is 50.2 Å². The van der Waals surface area contributed by atoms with Gasteiger partial charge in [-0.25, -0.2) is 0 Å². The van der Waals surface area contributed by atoms with Gasteiger partial charge in [0.05, 0.1) is 18.8 Å². The molecule has 2 aromatic heterocycles. The number of aryl methyl sites for hydroxylation is 1. The van der Waals surface area contributed by atoms with E-state index in [1.807, 2.05) is 6.07 Å². The maximum atomic E-state index is 5.69. The van der Waals surface area contributed by atoms with Crippen molar-refractivity contribution in [3.8, 4) is 0 Å². The van der Waals surface area contributed by atoms with Crippen molar-refractivity contribution in [2.24, 2.45) is 4.99 Å². The minimum atomic E-state index is 0. The van der Waals surface area contributed by atoms with E-state index in [1.165, 1.54) is 12.8 Å². The second-order valence-corrected chi connectivity index (χ2v) is 6.71. The Bertz CT molecular complexity index is 695. The van der Waals surface area contributed by atoms with Gasteiger partial charge in [-0.15, -0.1) is 34.2 Å². The highest BCUT2D eigenvalue weighted by atomic mass is 127. The molecule has 0 bridgehead atoms. The smallest absolute Gasteiger partial charge is 0.191 e. The normalized spacial score (nSPS) is 16.0. The van der Waals surface area contributed by atoms with Crippen molar-refractivity contribution in [2.75, 3.05) is 32.7 Å². The maximum absolute atomic E-state index is 5.69. The number of aromatic nitrogens is 3. The summed E-state index contributed by atoms with van der Waals surface area (Å²) in [6.07, 6.45) is 6.91. The summed E-state index contributed by atoms with van der Waals surface area (Å²) in [6.45, 7) is 9.48. The van der Waals surface area contributed by atoms with Crippen molar-refractivity contribution in [3.05, 3.63) is 36.3 Å². The molecular weight excluding hydrogens is 469 g/mol. The third kappa shape index (κ3) is 6.20. The van der Waals surface area contributed by atoms with E-state index < -0.39 is 0 Å². The van der Waals surface area contributed by atoms with Crippen LogP contribution >= 0.6 is 24.0 Å². The van der Waals surface area contributed by atoms with Crippen LogP contribution < -0.4 is 10.6 Å². The van der Waals surface area contributed by atoms with Crippen LogP contribution in [0, 0.1) is 0 Å². The van der Waals surface area contributed by atoms with E-state index in [1.54, 1.807) is 12.6 Å². The molecule has 8 nitrogen and oxygen atoms in total. The highest BCUT2D eigenvalue weighted by molar-refractivity contribution is 14.0. The van der Waals surface area contributed by atoms with Crippen molar-refractivity contribution < 1.29 is 4.42 Å². The van der Waals surface area contributed by atoms with Crippen molar-refractivity contribution in [1.82, 2.24) is 30.3 Å². The lowest BCUT2D eigenvalue weighted by molar-refractivity contribution is 0.221. The van der Waals surface area contributed by atoms with Crippen molar-refractivity contribution in [3.63, 3.8) is 0 Å². The fourth-order valence-corrected chi connectivity index (χ4v) is 3.47. The van der Waals surface area contributed by atoms with Crippen molar-refractivity contribution in [1.29, 1.82) is 0 Å². The minimum Gasteiger partial charge on any atom is -0.468 e. The van der Waals surface area contributed by atoms with E-state index in [-0.39, 0.29) is 30.0 Å². The third-order valence-corrected chi connectivity index (χ3v) is 4.88. The topological polar surface area (TPSA) is 83.5 Å². The molecule has 0 aromatic carbocycles. The molecule has 9 heteroatoms. The Morgan fingerprint density at radius 3 is 2.79 bits per heavy atom. The lowest BCUT2D eigenvalue weighted by Gasteiger charge is -2.24. The number of nitrogens with one attached hydrogen (secondary N) is 2. The Kier molecular flexibility index (Phi) is 9.76. The molecule has 2 aromatic rings. The Morgan fingerprint density at radius 1 is 1.29 bits per heavy atom. The Morgan fingerprint density at radius 2 is 2.11 bits per heavy atom. The van der Waals surface area contributed by atoms with Crippen LogP contribution in [-0.2, 0) is 13.0 Å². The second-order valence-electron chi connectivity index (χ2n) is 6.71. The monoisotopic (exact) mass is 501 g/mol. The number of hydrogen-bond donors (Lipinski definition) is 2. The van der Waals surface area contributed by atoms with Crippen LogP contribution in [0.1, 0.15) is 44.3 Å². The molecule has 28 heavy (non-hydrogen) atoms. The van der Waals surface area contributed by atoms with Gasteiger partial charge in [-0.05, 0) is 45.0 Å². The van der Waals surface area contributed by atoms with Gasteiger partial charge in [0.15, 0.2) is 5.96 Å². The number of hydrogen-bond acceptors (Lipinski definition) is 5. The molecule has 3 rings (SSSR count). The van der Waals surface area contributed by atoms with E-state index in [4.69, 9.17) is 9.41 Å². The average Bonchev–Trinajstić information content (AvgIpc) is 3.44. The number of nitrogens with zero attached hydrogens (tertiary/aromatic N) is 5. The van der Waals surface area contributed by atoms with Gasteiger partial charge in [0.25, 0.3) is 0 Å². The van der Waals surface area contributed by atoms with E-state index in [9.17, 15) is 0 Å². The molecule has 3 heterocycles. The fourth-order valence-electron chi connectivity index (χ4n) is 3.47. The predicted molar refractivity (Wildman–Crippen MR) is 121 cm³/mol. The molecule has 0 amide bonds. The van der Waals surface area contributed by atoms with E-state index in [0.29, 0.717) is 6.54 Å². The molecule has 0 radical (unpaired) electrons. The SMILES string of the molecule is CCNC(=NCC(c1ccco1)N1CCCC1)NCCn1cnnc1CC.I. The highest BCUT2D eigenvalue weighted by Gasteiger charge is 2.25. The first kappa shape index (κ1) is 22.7. The second kappa shape index (κ2) is 12.1. The summed E-state index contributed by atoms with van der Waals surface area (Å²) >= 11 is 0. The summed E-state index contributed by atoms with van der Waals surface area (Å²) in [5.41, 5.74) is 0. The number of furan rings is 1. The first-order valence-electron chi connectivity index (χ1n) is 9.98. The van der Waals surface area contributed by atoms with Gasteiger partial charge in [0, 0.05) is 26.1 Å². The molecule has 0 spiro atoms. The quantitative estimate of drug-likeness (QED) is 0.312. The Hall–Kier alpha value is -1.62. The summed E-state index contributed by atoms with van der Waals surface area (Å²) in [6, 6.07) is 4.20. The van der Waals surface area contributed by atoms with Gasteiger partial charge in [-0.2, -0.15) is 0 Å². The Labute approximate surface area is 184 Å². The molecule has 1 fully saturated rings. The zero-order valence-electron chi connectivity index (χ0n) is 16.8. The van der Waals surface area contributed by atoms with Gasteiger partial charge < -0.3 is 19.6 Å². The zero-order valence-corrected chi connectivity index (χ0v) is 19.1. The first-order valence-corrected chi connectivity index (χ1v) is 9.98. The summed E-state index contributed by atoms with van der Waals surface area (Å²) < 4.78 is 7.76. The van der Waals surface area contributed by atoms with Gasteiger partial charge in [0.2, 0.25) is 0 Å².